The number of nitrogens with zero attached hydrogens (tertiary/aromatic N) is 3. The molecule has 1 aliphatic rings. The Hall–Kier alpha value is -2.62. The van der Waals surface area contributed by atoms with Crippen molar-refractivity contribution < 1.29 is 22.8 Å². The summed E-state index contributed by atoms with van der Waals surface area (Å²) in [5.74, 6) is 0.268. The number of methoxy groups -OCH3 is 1. The van der Waals surface area contributed by atoms with Crippen LogP contribution in [0.4, 0.5) is 24.5 Å². The highest BCUT2D eigenvalue weighted by Crippen LogP contribution is 2.34. The maximum absolute atomic E-state index is 12.7. The predicted molar refractivity (Wildman–Crippen MR) is 91.6 cm³/mol. The quantitative estimate of drug-likeness (QED) is 0.625. The molecule has 2 heterocycles. The molecule has 0 radical (unpaired) electrons. The van der Waals surface area contributed by atoms with E-state index in [0.29, 0.717) is 37.3 Å². The van der Waals surface area contributed by atoms with Crippen molar-refractivity contribution in [3.8, 4) is 0 Å². The second-order valence-corrected chi connectivity index (χ2v) is 6.44. The van der Waals surface area contributed by atoms with Gasteiger partial charge in [0, 0.05) is 49.5 Å². The first kappa shape index (κ1) is 19.2. The van der Waals surface area contributed by atoms with Crippen molar-refractivity contribution in [2.24, 2.45) is 0 Å². The van der Waals surface area contributed by atoms with E-state index in [-0.39, 0.29) is 18.2 Å². The normalized spacial score (nSPS) is 15.9. The Balaban J connectivity index is 1.72. The molecule has 1 fully saturated rings. The van der Waals surface area contributed by atoms with Crippen LogP contribution >= 0.6 is 0 Å². The number of hydrogen-bond acceptors (Lipinski definition) is 5. The van der Waals surface area contributed by atoms with Crippen LogP contribution in [0.2, 0.25) is 0 Å². The summed E-state index contributed by atoms with van der Waals surface area (Å²) in [7, 11) is 1.52. The van der Waals surface area contributed by atoms with Crippen molar-refractivity contribution in [3.05, 3.63) is 51.6 Å². The van der Waals surface area contributed by atoms with Gasteiger partial charge >= 0.3 is 6.18 Å². The van der Waals surface area contributed by atoms with Crippen LogP contribution in [-0.2, 0) is 17.5 Å². The van der Waals surface area contributed by atoms with Gasteiger partial charge < -0.3 is 14.6 Å². The maximum Gasteiger partial charge on any atom is 0.432 e. The Morgan fingerprint density at radius 2 is 2.07 bits per heavy atom. The molecule has 0 unspecified atom stereocenters. The van der Waals surface area contributed by atoms with Crippen LogP contribution in [0.3, 0.4) is 0 Å². The van der Waals surface area contributed by atoms with Gasteiger partial charge in [-0.2, -0.15) is 13.2 Å². The number of H-pyrrole nitrogens is 1. The second kappa shape index (κ2) is 7.55. The lowest BCUT2D eigenvalue weighted by molar-refractivity contribution is -0.384. The lowest BCUT2D eigenvalue weighted by atomic mass is 9.95. The molecule has 1 aliphatic heterocycles. The SMILES string of the molecule is COCc1cc([N+](=O)[O-])ccc1N1CCC(c2ncc(C(F)(F)F)[nH]2)CC1. The molecule has 0 bridgehead atoms. The second-order valence-electron chi connectivity index (χ2n) is 6.44. The fraction of sp³-hybridized carbons (Fsp3) is 0.471. The fourth-order valence-electron chi connectivity index (χ4n) is 3.35. The van der Waals surface area contributed by atoms with E-state index in [1.807, 2.05) is 0 Å². The molecule has 0 spiro atoms. The summed E-state index contributed by atoms with van der Waals surface area (Å²) < 4.78 is 43.3. The number of aromatic amines is 1. The van der Waals surface area contributed by atoms with Crippen molar-refractivity contribution in [1.82, 2.24) is 9.97 Å². The zero-order valence-corrected chi connectivity index (χ0v) is 14.6. The van der Waals surface area contributed by atoms with Crippen LogP contribution in [0.15, 0.2) is 24.4 Å². The highest BCUT2D eigenvalue weighted by molar-refractivity contribution is 5.58. The van der Waals surface area contributed by atoms with Gasteiger partial charge in [-0.1, -0.05) is 0 Å². The van der Waals surface area contributed by atoms with Crippen LogP contribution in [0, 0.1) is 10.1 Å². The van der Waals surface area contributed by atoms with Crippen molar-refractivity contribution in [3.63, 3.8) is 0 Å². The Bertz CT molecular complexity index is 814. The van der Waals surface area contributed by atoms with Gasteiger partial charge in [-0.3, -0.25) is 10.1 Å². The van der Waals surface area contributed by atoms with Gasteiger partial charge in [0.25, 0.3) is 5.69 Å². The molecule has 0 amide bonds. The number of ether oxygens (including phenoxy) is 1. The molecule has 7 nitrogen and oxygen atoms in total. The third-order valence-corrected chi connectivity index (χ3v) is 4.70. The number of imidazole rings is 1. The van der Waals surface area contributed by atoms with Gasteiger partial charge in [0.15, 0.2) is 0 Å². The molecule has 1 aromatic carbocycles. The zero-order valence-electron chi connectivity index (χ0n) is 14.6. The number of piperidine rings is 1. The summed E-state index contributed by atoms with van der Waals surface area (Å²) in [6.45, 7) is 1.46. The van der Waals surface area contributed by atoms with Crippen LogP contribution in [0.5, 0.6) is 0 Å². The number of anilines is 1. The molecule has 1 aromatic heterocycles. The topological polar surface area (TPSA) is 84.3 Å². The highest BCUT2D eigenvalue weighted by Gasteiger charge is 2.34. The van der Waals surface area contributed by atoms with Crippen molar-refractivity contribution in [2.45, 2.75) is 31.5 Å². The summed E-state index contributed by atoms with van der Waals surface area (Å²) in [4.78, 5) is 18.9. The number of halogens is 3. The number of aromatic nitrogens is 2. The molecule has 0 atom stereocenters. The molecular formula is C17H19F3N4O3. The third-order valence-electron chi connectivity index (χ3n) is 4.70. The Morgan fingerprint density at radius 3 is 2.63 bits per heavy atom. The lowest BCUT2D eigenvalue weighted by Crippen LogP contribution is -2.34. The fourth-order valence-corrected chi connectivity index (χ4v) is 3.35. The highest BCUT2D eigenvalue weighted by atomic mass is 19.4. The first-order valence-corrected chi connectivity index (χ1v) is 8.43. The van der Waals surface area contributed by atoms with E-state index in [1.165, 1.54) is 19.2 Å². The molecule has 1 N–H and O–H groups in total. The zero-order chi connectivity index (χ0) is 19.6. The van der Waals surface area contributed by atoms with Gasteiger partial charge in [0.1, 0.15) is 11.5 Å². The molecule has 27 heavy (non-hydrogen) atoms. The largest absolute Gasteiger partial charge is 0.432 e. The van der Waals surface area contributed by atoms with Crippen molar-refractivity contribution >= 4 is 11.4 Å². The van der Waals surface area contributed by atoms with E-state index in [0.717, 1.165) is 11.9 Å². The number of nitrogens with one attached hydrogen (secondary N) is 1. The van der Waals surface area contributed by atoms with E-state index >= 15 is 0 Å². The minimum atomic E-state index is -4.43. The van der Waals surface area contributed by atoms with E-state index in [9.17, 15) is 23.3 Å². The molecule has 146 valence electrons. The summed E-state index contributed by atoms with van der Waals surface area (Å²) in [5.41, 5.74) is 0.715. The molecular weight excluding hydrogens is 365 g/mol. The number of hydrogen-bond donors (Lipinski definition) is 1. The smallest absolute Gasteiger partial charge is 0.380 e. The first-order chi connectivity index (χ1) is 12.8. The molecule has 0 saturated carbocycles. The standard InChI is InChI=1S/C17H19F3N4O3/c1-27-10-12-8-13(24(25)26)2-3-14(12)23-6-4-11(5-7-23)16-21-9-15(22-16)17(18,19)20/h2-3,8-9,11H,4-7,10H2,1H3,(H,21,22). The predicted octanol–water partition coefficient (Wildman–Crippen LogP) is 3.87. The molecule has 0 aliphatic carbocycles. The first-order valence-electron chi connectivity index (χ1n) is 8.43. The number of non-ortho nitro benzene ring substituents is 1. The van der Waals surface area contributed by atoms with Gasteiger partial charge in [-0.05, 0) is 18.9 Å². The Kier molecular flexibility index (Phi) is 5.36. The maximum atomic E-state index is 12.7. The minimum absolute atomic E-state index is 0.00375. The Morgan fingerprint density at radius 1 is 1.37 bits per heavy atom. The van der Waals surface area contributed by atoms with Crippen LogP contribution in [0.25, 0.3) is 0 Å². The van der Waals surface area contributed by atoms with E-state index in [1.54, 1.807) is 6.07 Å². The van der Waals surface area contributed by atoms with Gasteiger partial charge in [-0.25, -0.2) is 4.98 Å². The molecule has 10 heteroatoms. The van der Waals surface area contributed by atoms with Crippen LogP contribution < -0.4 is 4.90 Å². The van der Waals surface area contributed by atoms with Crippen molar-refractivity contribution in [2.75, 3.05) is 25.1 Å². The lowest BCUT2D eigenvalue weighted by Gasteiger charge is -2.34. The number of nitro benzene ring substituents is 1. The number of rotatable bonds is 5. The molecule has 3 rings (SSSR count). The van der Waals surface area contributed by atoms with Gasteiger partial charge in [-0.15, -0.1) is 0 Å². The summed E-state index contributed by atoms with van der Waals surface area (Å²) in [6, 6.07) is 4.64. The monoisotopic (exact) mass is 384 g/mol. The summed E-state index contributed by atoms with van der Waals surface area (Å²) in [5, 5.41) is 11.0. The molecule has 2 aromatic rings. The van der Waals surface area contributed by atoms with Crippen LogP contribution in [-0.4, -0.2) is 35.1 Å². The number of nitro groups is 1. The number of benzene rings is 1. The average Bonchev–Trinajstić information content (AvgIpc) is 3.13. The van der Waals surface area contributed by atoms with Crippen molar-refractivity contribution in [1.29, 1.82) is 0 Å². The van der Waals surface area contributed by atoms with Gasteiger partial charge in [0.2, 0.25) is 0 Å². The minimum Gasteiger partial charge on any atom is -0.380 e. The molecule has 1 saturated heterocycles. The van der Waals surface area contributed by atoms with Gasteiger partial charge in [0.05, 0.1) is 17.7 Å². The third kappa shape index (κ3) is 4.21. The van der Waals surface area contributed by atoms with Crippen LogP contribution in [0.1, 0.15) is 35.8 Å². The number of alkyl halides is 3. The van der Waals surface area contributed by atoms with E-state index < -0.39 is 16.8 Å². The summed E-state index contributed by atoms with van der Waals surface area (Å²) >= 11 is 0. The van der Waals surface area contributed by atoms with E-state index in [4.69, 9.17) is 4.74 Å². The van der Waals surface area contributed by atoms with E-state index in [2.05, 4.69) is 14.9 Å². The Labute approximate surface area is 153 Å². The summed E-state index contributed by atoms with van der Waals surface area (Å²) in [6.07, 6.45) is -2.34. The average molecular weight is 384 g/mol.